The summed E-state index contributed by atoms with van der Waals surface area (Å²) in [4.78, 5) is 18.3. The molecule has 0 amide bonds. The van der Waals surface area contributed by atoms with E-state index in [0.29, 0.717) is 6.42 Å². The van der Waals surface area contributed by atoms with Gasteiger partial charge in [0.2, 0.25) is 0 Å². The standard InChI is InChI=1S/C14H25N3O2/c1-14(2,3)13-15-10(9-17(13)6)8-11(16(4)5)12(18)19-7/h9,11H,8H2,1-7H3. The molecule has 19 heavy (non-hydrogen) atoms. The topological polar surface area (TPSA) is 47.4 Å². The quantitative estimate of drug-likeness (QED) is 0.773. The van der Waals surface area contributed by atoms with Gasteiger partial charge in [-0.15, -0.1) is 0 Å². The van der Waals surface area contributed by atoms with Gasteiger partial charge in [0, 0.05) is 25.1 Å². The van der Waals surface area contributed by atoms with E-state index in [-0.39, 0.29) is 17.4 Å². The number of nitrogens with zero attached hydrogens (tertiary/aromatic N) is 3. The van der Waals surface area contributed by atoms with Crippen LogP contribution in [0.15, 0.2) is 6.20 Å². The highest BCUT2D eigenvalue weighted by Gasteiger charge is 2.25. The molecule has 1 atom stereocenters. The first kappa shape index (κ1) is 15.7. The number of aromatic nitrogens is 2. The molecule has 0 N–H and O–H groups in total. The fourth-order valence-electron chi connectivity index (χ4n) is 2.13. The minimum absolute atomic E-state index is 0.00806. The van der Waals surface area contributed by atoms with Gasteiger partial charge in [-0.2, -0.15) is 0 Å². The van der Waals surface area contributed by atoms with Gasteiger partial charge in [-0.1, -0.05) is 20.8 Å². The summed E-state index contributed by atoms with van der Waals surface area (Å²) in [6.45, 7) is 6.38. The number of rotatable bonds is 4. The zero-order chi connectivity index (χ0) is 14.8. The number of imidazole rings is 1. The Morgan fingerprint density at radius 1 is 1.47 bits per heavy atom. The van der Waals surface area contributed by atoms with Crippen molar-refractivity contribution in [3.8, 4) is 0 Å². The Kier molecular flexibility index (Phi) is 4.74. The normalized spacial score (nSPS) is 13.7. The van der Waals surface area contributed by atoms with Gasteiger partial charge in [0.15, 0.2) is 0 Å². The van der Waals surface area contributed by atoms with Crippen molar-refractivity contribution >= 4 is 5.97 Å². The number of hydrogen-bond acceptors (Lipinski definition) is 4. The molecule has 1 rings (SSSR count). The Balaban J connectivity index is 2.96. The SMILES string of the molecule is COC(=O)C(Cc1cn(C)c(C(C)(C)C)n1)N(C)C. The van der Waals surface area contributed by atoms with Gasteiger partial charge in [0.25, 0.3) is 0 Å². The molecule has 0 aliphatic rings. The van der Waals surface area contributed by atoms with E-state index in [1.807, 2.05) is 36.8 Å². The van der Waals surface area contributed by atoms with Crippen molar-refractivity contribution in [2.45, 2.75) is 38.6 Å². The van der Waals surface area contributed by atoms with Crippen LogP contribution in [0.1, 0.15) is 32.3 Å². The third-order valence-corrected chi connectivity index (χ3v) is 3.10. The highest BCUT2D eigenvalue weighted by atomic mass is 16.5. The molecular weight excluding hydrogens is 242 g/mol. The number of carbonyl (C=O) groups excluding carboxylic acids is 1. The van der Waals surface area contributed by atoms with Crippen molar-refractivity contribution in [2.75, 3.05) is 21.2 Å². The summed E-state index contributed by atoms with van der Waals surface area (Å²) in [5.74, 6) is 0.790. The highest BCUT2D eigenvalue weighted by molar-refractivity contribution is 5.75. The third-order valence-electron chi connectivity index (χ3n) is 3.10. The zero-order valence-corrected chi connectivity index (χ0v) is 13.0. The highest BCUT2D eigenvalue weighted by Crippen LogP contribution is 2.21. The van der Waals surface area contributed by atoms with E-state index in [9.17, 15) is 4.79 Å². The van der Waals surface area contributed by atoms with E-state index in [4.69, 9.17) is 4.74 Å². The Morgan fingerprint density at radius 2 is 2.05 bits per heavy atom. The smallest absolute Gasteiger partial charge is 0.323 e. The average Bonchev–Trinajstić information content (AvgIpc) is 2.65. The minimum atomic E-state index is -0.298. The maximum absolute atomic E-state index is 11.7. The maximum atomic E-state index is 11.7. The number of esters is 1. The van der Waals surface area contributed by atoms with Crippen LogP contribution >= 0.6 is 0 Å². The molecule has 5 heteroatoms. The second kappa shape index (κ2) is 5.74. The second-order valence-corrected chi connectivity index (χ2v) is 6.12. The van der Waals surface area contributed by atoms with Gasteiger partial charge in [-0.3, -0.25) is 9.69 Å². The number of methoxy groups -OCH3 is 1. The summed E-state index contributed by atoms with van der Waals surface area (Å²) in [5.41, 5.74) is 0.905. The van der Waals surface area contributed by atoms with Gasteiger partial charge in [0.05, 0.1) is 12.8 Å². The Bertz CT molecular complexity index is 444. The van der Waals surface area contributed by atoms with Crippen molar-refractivity contribution in [1.82, 2.24) is 14.5 Å². The molecule has 1 aromatic heterocycles. The molecule has 0 bridgehead atoms. The lowest BCUT2D eigenvalue weighted by Gasteiger charge is -2.20. The fraction of sp³-hybridized carbons (Fsp3) is 0.714. The Hall–Kier alpha value is -1.36. The van der Waals surface area contributed by atoms with Crippen molar-refractivity contribution in [3.05, 3.63) is 17.7 Å². The van der Waals surface area contributed by atoms with E-state index in [1.54, 1.807) is 0 Å². The summed E-state index contributed by atoms with van der Waals surface area (Å²) in [5, 5.41) is 0. The zero-order valence-electron chi connectivity index (χ0n) is 13.0. The van der Waals surface area contributed by atoms with E-state index < -0.39 is 0 Å². The number of hydrogen-bond donors (Lipinski definition) is 0. The number of ether oxygens (including phenoxy) is 1. The van der Waals surface area contributed by atoms with Crippen LogP contribution in [0.2, 0.25) is 0 Å². The summed E-state index contributed by atoms with van der Waals surface area (Å²) < 4.78 is 6.86. The molecule has 0 saturated carbocycles. The minimum Gasteiger partial charge on any atom is -0.468 e. The summed E-state index contributed by atoms with van der Waals surface area (Å²) in [7, 11) is 7.14. The van der Waals surface area contributed by atoms with Crippen molar-refractivity contribution in [2.24, 2.45) is 7.05 Å². The lowest BCUT2D eigenvalue weighted by atomic mass is 9.96. The lowest BCUT2D eigenvalue weighted by molar-refractivity contribution is -0.145. The van der Waals surface area contributed by atoms with Crippen LogP contribution in [0.25, 0.3) is 0 Å². The van der Waals surface area contributed by atoms with Crippen molar-refractivity contribution in [1.29, 1.82) is 0 Å². The lowest BCUT2D eigenvalue weighted by Crippen LogP contribution is -2.38. The predicted molar refractivity (Wildman–Crippen MR) is 75.1 cm³/mol. The molecule has 0 aliphatic heterocycles. The van der Waals surface area contributed by atoms with Crippen molar-refractivity contribution < 1.29 is 9.53 Å². The first-order chi connectivity index (χ1) is 8.66. The molecule has 0 aliphatic carbocycles. The van der Waals surface area contributed by atoms with Crippen molar-refractivity contribution in [3.63, 3.8) is 0 Å². The van der Waals surface area contributed by atoms with Gasteiger partial charge < -0.3 is 9.30 Å². The van der Waals surface area contributed by atoms with E-state index in [1.165, 1.54) is 7.11 Å². The fourth-order valence-corrected chi connectivity index (χ4v) is 2.13. The molecule has 0 fully saturated rings. The molecule has 0 radical (unpaired) electrons. The van der Waals surface area contributed by atoms with Crippen LogP contribution in [0.5, 0.6) is 0 Å². The van der Waals surface area contributed by atoms with Crippen LogP contribution in [0.3, 0.4) is 0 Å². The monoisotopic (exact) mass is 267 g/mol. The molecule has 1 heterocycles. The summed E-state index contributed by atoms with van der Waals surface area (Å²) >= 11 is 0. The van der Waals surface area contributed by atoms with Crippen LogP contribution in [-0.4, -0.2) is 47.7 Å². The van der Waals surface area contributed by atoms with E-state index in [0.717, 1.165) is 11.5 Å². The summed E-state index contributed by atoms with van der Waals surface area (Å²) in [6.07, 6.45) is 2.55. The second-order valence-electron chi connectivity index (χ2n) is 6.12. The molecule has 0 aromatic carbocycles. The van der Waals surface area contributed by atoms with Crippen LogP contribution < -0.4 is 0 Å². The maximum Gasteiger partial charge on any atom is 0.323 e. The predicted octanol–water partition coefficient (Wildman–Crippen LogP) is 1.36. The molecular formula is C14H25N3O2. The van der Waals surface area contributed by atoms with E-state index in [2.05, 4.69) is 25.8 Å². The Labute approximate surface area is 115 Å². The van der Waals surface area contributed by atoms with Crippen LogP contribution in [0.4, 0.5) is 0 Å². The largest absolute Gasteiger partial charge is 0.468 e. The Morgan fingerprint density at radius 3 is 2.42 bits per heavy atom. The number of likely N-dealkylation sites (N-methyl/N-ethyl adjacent to an activating group) is 1. The molecule has 1 aromatic rings. The molecule has 0 spiro atoms. The van der Waals surface area contributed by atoms with Gasteiger partial charge in [-0.05, 0) is 14.1 Å². The number of carbonyl (C=O) groups is 1. The average molecular weight is 267 g/mol. The number of aryl methyl sites for hydroxylation is 1. The molecule has 108 valence electrons. The van der Waals surface area contributed by atoms with E-state index >= 15 is 0 Å². The third kappa shape index (κ3) is 3.80. The first-order valence-corrected chi connectivity index (χ1v) is 6.43. The molecule has 1 unspecified atom stereocenters. The van der Waals surface area contributed by atoms with Crippen LogP contribution in [-0.2, 0) is 28.4 Å². The van der Waals surface area contributed by atoms with Gasteiger partial charge in [0.1, 0.15) is 11.9 Å². The van der Waals surface area contributed by atoms with Gasteiger partial charge >= 0.3 is 5.97 Å². The molecule has 5 nitrogen and oxygen atoms in total. The first-order valence-electron chi connectivity index (χ1n) is 6.43. The summed E-state index contributed by atoms with van der Waals surface area (Å²) in [6, 6.07) is -0.298. The molecule has 0 saturated heterocycles. The van der Waals surface area contributed by atoms with Gasteiger partial charge in [-0.25, -0.2) is 4.98 Å². The van der Waals surface area contributed by atoms with Crippen LogP contribution in [0, 0.1) is 0 Å².